The molecule has 0 amide bonds. The number of ether oxygens (including phenoxy) is 1. The molecule has 1 aromatic rings. The first kappa shape index (κ1) is 14.4. The summed E-state index contributed by atoms with van der Waals surface area (Å²) in [7, 11) is 1.74. The van der Waals surface area contributed by atoms with Crippen LogP contribution in [-0.4, -0.2) is 30.6 Å². The van der Waals surface area contributed by atoms with Crippen LogP contribution in [0.1, 0.15) is 38.2 Å². The van der Waals surface area contributed by atoms with Crippen LogP contribution in [0.3, 0.4) is 0 Å². The lowest BCUT2D eigenvalue weighted by molar-refractivity contribution is 0.0961. The lowest BCUT2D eigenvalue weighted by Crippen LogP contribution is -2.51. The molecule has 0 unspecified atom stereocenters. The van der Waals surface area contributed by atoms with Crippen molar-refractivity contribution < 1.29 is 4.74 Å². The van der Waals surface area contributed by atoms with Gasteiger partial charge in [0.1, 0.15) is 5.75 Å². The van der Waals surface area contributed by atoms with Crippen LogP contribution in [0.25, 0.3) is 0 Å². The van der Waals surface area contributed by atoms with Crippen molar-refractivity contribution in [3.05, 3.63) is 29.8 Å². The molecule has 3 heteroatoms. The Morgan fingerprint density at radius 2 is 1.95 bits per heavy atom. The smallest absolute Gasteiger partial charge is 0.123 e. The molecule has 1 saturated carbocycles. The van der Waals surface area contributed by atoms with Gasteiger partial charge in [0.25, 0.3) is 0 Å². The van der Waals surface area contributed by atoms with E-state index < -0.39 is 0 Å². The molecule has 0 aliphatic heterocycles. The second-order valence-electron chi connectivity index (χ2n) is 5.46. The summed E-state index contributed by atoms with van der Waals surface area (Å²) in [5.74, 6) is 0.978. The Kier molecular flexibility index (Phi) is 4.83. The first-order valence-corrected chi connectivity index (χ1v) is 7.33. The van der Waals surface area contributed by atoms with Gasteiger partial charge in [-0.15, -0.1) is 0 Å². The molecule has 1 aliphatic carbocycles. The molecule has 0 heterocycles. The average Bonchev–Trinajstić information content (AvgIpc) is 2.95. The largest absolute Gasteiger partial charge is 0.496 e. The average molecular weight is 262 g/mol. The van der Waals surface area contributed by atoms with Gasteiger partial charge in [-0.05, 0) is 25.5 Å². The van der Waals surface area contributed by atoms with Gasteiger partial charge in [0.05, 0.1) is 7.11 Å². The second-order valence-corrected chi connectivity index (χ2v) is 5.46. The summed E-state index contributed by atoms with van der Waals surface area (Å²) in [6.07, 6.45) is 5.07. The van der Waals surface area contributed by atoms with Crippen LogP contribution in [0, 0.1) is 0 Å². The molecule has 1 aromatic carbocycles. The van der Waals surface area contributed by atoms with Gasteiger partial charge in [0.15, 0.2) is 0 Å². The van der Waals surface area contributed by atoms with Gasteiger partial charge in [0, 0.05) is 24.2 Å². The number of para-hydroxylation sites is 1. The van der Waals surface area contributed by atoms with E-state index in [9.17, 15) is 0 Å². The predicted molar refractivity (Wildman–Crippen MR) is 79.3 cm³/mol. The molecule has 0 saturated heterocycles. The van der Waals surface area contributed by atoms with Crippen LogP contribution >= 0.6 is 0 Å². The summed E-state index contributed by atoms with van der Waals surface area (Å²) in [6, 6.07) is 8.29. The number of nitrogens with zero attached hydrogens (tertiary/aromatic N) is 1. The van der Waals surface area contributed by atoms with E-state index in [-0.39, 0.29) is 5.54 Å². The molecule has 3 nitrogen and oxygen atoms in total. The zero-order valence-corrected chi connectivity index (χ0v) is 12.2. The molecule has 2 rings (SSSR count). The van der Waals surface area contributed by atoms with Gasteiger partial charge >= 0.3 is 0 Å². The molecule has 106 valence electrons. The number of hydrogen-bond acceptors (Lipinski definition) is 3. The molecule has 0 spiro atoms. The summed E-state index contributed by atoms with van der Waals surface area (Å²) in [6.45, 7) is 4.95. The molecular weight excluding hydrogens is 236 g/mol. The highest BCUT2D eigenvalue weighted by Crippen LogP contribution is 2.36. The summed E-state index contributed by atoms with van der Waals surface area (Å²) in [5, 5.41) is 0. The molecule has 1 aliphatic rings. The van der Waals surface area contributed by atoms with Crippen LogP contribution in [0.15, 0.2) is 24.3 Å². The van der Waals surface area contributed by atoms with Crippen molar-refractivity contribution in [2.24, 2.45) is 5.73 Å². The maximum Gasteiger partial charge on any atom is 0.123 e. The Labute approximate surface area is 116 Å². The van der Waals surface area contributed by atoms with E-state index in [0.717, 1.165) is 25.4 Å². The summed E-state index contributed by atoms with van der Waals surface area (Å²) in [4.78, 5) is 2.54. The summed E-state index contributed by atoms with van der Waals surface area (Å²) < 4.78 is 5.46. The molecule has 0 radical (unpaired) electrons. The highest BCUT2D eigenvalue weighted by atomic mass is 16.5. The highest BCUT2D eigenvalue weighted by molar-refractivity contribution is 5.33. The lowest BCUT2D eigenvalue weighted by Gasteiger charge is -2.40. The maximum atomic E-state index is 6.10. The van der Waals surface area contributed by atoms with Gasteiger partial charge in [-0.1, -0.05) is 38.0 Å². The normalized spacial score (nSPS) is 17.9. The van der Waals surface area contributed by atoms with Gasteiger partial charge in [-0.3, -0.25) is 4.90 Å². The van der Waals surface area contributed by atoms with E-state index in [1.54, 1.807) is 7.11 Å². The topological polar surface area (TPSA) is 38.5 Å². The molecular formula is C16H26N2O. The molecule has 1 fully saturated rings. The van der Waals surface area contributed by atoms with E-state index >= 15 is 0 Å². The monoisotopic (exact) mass is 262 g/mol. The van der Waals surface area contributed by atoms with Crippen LogP contribution in [-0.2, 0) is 6.54 Å². The van der Waals surface area contributed by atoms with E-state index in [1.165, 1.54) is 31.2 Å². The Morgan fingerprint density at radius 1 is 1.26 bits per heavy atom. The SMILES string of the molecule is CCN(Cc1ccccc1OC)C1(CN)CCCC1. The van der Waals surface area contributed by atoms with Crippen molar-refractivity contribution in [2.75, 3.05) is 20.2 Å². The molecule has 0 atom stereocenters. The van der Waals surface area contributed by atoms with E-state index in [1.807, 2.05) is 12.1 Å². The molecule has 2 N–H and O–H groups in total. The van der Waals surface area contributed by atoms with Crippen molar-refractivity contribution in [3.63, 3.8) is 0 Å². The Hall–Kier alpha value is -1.06. The van der Waals surface area contributed by atoms with Crippen molar-refractivity contribution in [3.8, 4) is 5.75 Å². The third-order valence-corrected chi connectivity index (χ3v) is 4.52. The molecule has 0 aromatic heterocycles. The summed E-state index contributed by atoms with van der Waals surface area (Å²) in [5.41, 5.74) is 7.56. The fraction of sp³-hybridized carbons (Fsp3) is 0.625. The van der Waals surface area contributed by atoms with Crippen LogP contribution in [0.2, 0.25) is 0 Å². The zero-order chi connectivity index (χ0) is 13.7. The van der Waals surface area contributed by atoms with Crippen LogP contribution in [0.5, 0.6) is 5.75 Å². The number of benzene rings is 1. The minimum atomic E-state index is 0.204. The van der Waals surface area contributed by atoms with Crippen molar-refractivity contribution in [1.82, 2.24) is 4.90 Å². The number of nitrogens with two attached hydrogens (primary N) is 1. The first-order valence-electron chi connectivity index (χ1n) is 7.33. The first-order chi connectivity index (χ1) is 9.25. The van der Waals surface area contributed by atoms with Gasteiger partial charge in [-0.25, -0.2) is 0 Å². The van der Waals surface area contributed by atoms with Crippen molar-refractivity contribution >= 4 is 0 Å². The van der Waals surface area contributed by atoms with Gasteiger partial charge < -0.3 is 10.5 Å². The van der Waals surface area contributed by atoms with Crippen LogP contribution < -0.4 is 10.5 Å². The summed E-state index contributed by atoms with van der Waals surface area (Å²) >= 11 is 0. The Balaban J connectivity index is 2.18. The third-order valence-electron chi connectivity index (χ3n) is 4.52. The fourth-order valence-electron chi connectivity index (χ4n) is 3.34. The van der Waals surface area contributed by atoms with Crippen molar-refractivity contribution in [2.45, 2.75) is 44.7 Å². The Morgan fingerprint density at radius 3 is 2.53 bits per heavy atom. The standard InChI is InChI=1S/C16H26N2O/c1-3-18(16(13-17)10-6-7-11-16)12-14-8-4-5-9-15(14)19-2/h4-5,8-9H,3,6-7,10-13,17H2,1-2H3. The molecule has 19 heavy (non-hydrogen) atoms. The van der Waals surface area contributed by atoms with E-state index in [0.29, 0.717) is 0 Å². The molecule has 0 bridgehead atoms. The fourth-order valence-corrected chi connectivity index (χ4v) is 3.34. The van der Waals surface area contributed by atoms with Crippen LogP contribution in [0.4, 0.5) is 0 Å². The lowest BCUT2D eigenvalue weighted by atomic mass is 9.94. The van der Waals surface area contributed by atoms with E-state index in [4.69, 9.17) is 10.5 Å². The highest BCUT2D eigenvalue weighted by Gasteiger charge is 2.37. The predicted octanol–water partition coefficient (Wildman–Crippen LogP) is 2.79. The van der Waals surface area contributed by atoms with E-state index in [2.05, 4.69) is 24.0 Å². The third kappa shape index (κ3) is 2.93. The quantitative estimate of drug-likeness (QED) is 0.856. The number of hydrogen-bond donors (Lipinski definition) is 1. The van der Waals surface area contributed by atoms with Gasteiger partial charge in [0.2, 0.25) is 0 Å². The zero-order valence-electron chi connectivity index (χ0n) is 12.2. The number of rotatable bonds is 6. The number of likely N-dealkylation sites (N-methyl/N-ethyl adjacent to an activating group) is 1. The van der Waals surface area contributed by atoms with Crippen molar-refractivity contribution in [1.29, 1.82) is 0 Å². The van der Waals surface area contributed by atoms with Gasteiger partial charge in [-0.2, -0.15) is 0 Å². The minimum Gasteiger partial charge on any atom is -0.496 e. The number of methoxy groups -OCH3 is 1. The Bertz CT molecular complexity index is 399. The minimum absolute atomic E-state index is 0.204. The maximum absolute atomic E-state index is 6.10. The second kappa shape index (κ2) is 6.40.